The number of rotatable bonds is 9. The lowest BCUT2D eigenvalue weighted by Gasteiger charge is -2.07. The molecule has 2 aromatic heterocycles. The number of hydrogen-bond acceptors (Lipinski definition) is 7. The molecule has 2 heterocycles. The fourth-order valence-corrected chi connectivity index (χ4v) is 3.71. The Balaban J connectivity index is 1.44. The molecule has 1 aromatic carbocycles. The third kappa shape index (κ3) is 4.19. The number of nitrogens with two attached hydrogens (primary N) is 1. The second-order valence-corrected chi connectivity index (χ2v) is 7.59. The molecule has 4 rings (SSSR count). The molecule has 1 aliphatic carbocycles. The normalized spacial score (nSPS) is 13.6. The summed E-state index contributed by atoms with van der Waals surface area (Å²) >= 11 is 1.53. The maximum atomic E-state index is 11.2. The Morgan fingerprint density at radius 2 is 2.11 bits per heavy atom. The smallest absolute Gasteiger partial charge is 0.226 e. The summed E-state index contributed by atoms with van der Waals surface area (Å²) in [5.41, 5.74) is 7.01. The van der Waals surface area contributed by atoms with E-state index >= 15 is 0 Å². The fraction of sp³-hybridized carbons (Fsp3) is 0.368. The molecule has 1 fully saturated rings. The molecule has 0 aliphatic heterocycles. The number of aromatic nitrogens is 4. The summed E-state index contributed by atoms with van der Waals surface area (Å²) in [5.74, 6) is 3.01. The number of amides is 1. The molecule has 8 nitrogen and oxygen atoms in total. The van der Waals surface area contributed by atoms with E-state index < -0.39 is 0 Å². The summed E-state index contributed by atoms with van der Waals surface area (Å²) in [4.78, 5) is 15.7. The number of ether oxygens (including phenoxy) is 1. The summed E-state index contributed by atoms with van der Waals surface area (Å²) in [6.45, 7) is 0.506. The van der Waals surface area contributed by atoms with E-state index in [2.05, 4.69) is 15.2 Å². The van der Waals surface area contributed by atoms with Crippen LogP contribution in [-0.2, 0) is 17.1 Å². The molecule has 9 heteroatoms. The molecule has 1 saturated carbocycles. The molecule has 1 amide bonds. The summed E-state index contributed by atoms with van der Waals surface area (Å²) in [6, 6.07) is 7.55. The number of hydrogen-bond donors (Lipinski definition) is 1. The number of thioether (sulfide) groups is 1. The van der Waals surface area contributed by atoms with Gasteiger partial charge in [0.2, 0.25) is 11.8 Å². The lowest BCUT2D eigenvalue weighted by molar-refractivity contribution is -0.118. The minimum absolute atomic E-state index is 0.275. The van der Waals surface area contributed by atoms with Crippen LogP contribution in [0.1, 0.15) is 36.7 Å². The van der Waals surface area contributed by atoms with E-state index in [0.717, 1.165) is 40.8 Å². The van der Waals surface area contributed by atoms with Crippen LogP contribution < -0.4 is 10.5 Å². The van der Waals surface area contributed by atoms with E-state index in [1.807, 2.05) is 28.8 Å². The zero-order chi connectivity index (χ0) is 19.5. The lowest BCUT2D eigenvalue weighted by Crippen LogP contribution is -2.15. The van der Waals surface area contributed by atoms with Gasteiger partial charge in [0.25, 0.3) is 0 Å². The number of carbonyl (C=O) groups excluding carboxylic acids is 1. The van der Waals surface area contributed by atoms with Gasteiger partial charge in [-0.1, -0.05) is 11.8 Å². The molecule has 2 N–H and O–H groups in total. The summed E-state index contributed by atoms with van der Waals surface area (Å²) in [6.07, 6.45) is 4.16. The van der Waals surface area contributed by atoms with Crippen molar-refractivity contribution in [1.29, 1.82) is 0 Å². The van der Waals surface area contributed by atoms with Crippen LogP contribution in [0.2, 0.25) is 0 Å². The predicted octanol–water partition coefficient (Wildman–Crippen LogP) is 2.99. The van der Waals surface area contributed by atoms with Gasteiger partial charge in [-0.15, -0.1) is 10.2 Å². The monoisotopic (exact) mass is 399 g/mol. The lowest BCUT2D eigenvalue weighted by atomic mass is 10.2. The number of nitrogens with zero attached hydrogens (tertiary/aromatic N) is 4. The van der Waals surface area contributed by atoms with Crippen molar-refractivity contribution in [2.24, 2.45) is 5.73 Å². The third-order valence-corrected chi connectivity index (χ3v) is 5.51. The average molecular weight is 399 g/mol. The minimum Gasteiger partial charge on any atom is -0.497 e. The largest absolute Gasteiger partial charge is 0.497 e. The van der Waals surface area contributed by atoms with Crippen molar-refractivity contribution in [2.45, 2.75) is 42.6 Å². The Hall–Kier alpha value is -2.81. The molecule has 0 atom stereocenters. The molecule has 0 saturated heterocycles. The van der Waals surface area contributed by atoms with Crippen molar-refractivity contribution in [3.05, 3.63) is 42.0 Å². The van der Waals surface area contributed by atoms with E-state index in [0.29, 0.717) is 24.1 Å². The van der Waals surface area contributed by atoms with Gasteiger partial charge in [0.05, 0.1) is 12.8 Å². The zero-order valence-corrected chi connectivity index (χ0v) is 16.3. The predicted molar refractivity (Wildman–Crippen MR) is 104 cm³/mol. The van der Waals surface area contributed by atoms with Crippen molar-refractivity contribution in [1.82, 2.24) is 19.7 Å². The van der Waals surface area contributed by atoms with Gasteiger partial charge in [-0.3, -0.25) is 4.79 Å². The average Bonchev–Trinajstić information content (AvgIpc) is 3.30. The van der Waals surface area contributed by atoms with Crippen LogP contribution in [0.3, 0.4) is 0 Å². The van der Waals surface area contributed by atoms with Gasteiger partial charge in [-0.25, -0.2) is 4.98 Å². The molecule has 0 radical (unpaired) electrons. The standard InChI is InChI=1S/C19H21N5O3S/c1-26-15-6-4-13(5-7-15)18-21-14(10-27-18)11-28-19-23-22-17(12-2-3-12)24(19)9-8-16(20)25/h4-7,10,12H,2-3,8-9,11H2,1H3,(H2,20,25). The first-order chi connectivity index (χ1) is 13.6. The highest BCUT2D eigenvalue weighted by molar-refractivity contribution is 7.98. The second kappa shape index (κ2) is 8.05. The Labute approximate surface area is 166 Å². The van der Waals surface area contributed by atoms with Gasteiger partial charge in [0.1, 0.15) is 17.8 Å². The summed E-state index contributed by atoms with van der Waals surface area (Å²) in [7, 11) is 1.63. The van der Waals surface area contributed by atoms with Crippen molar-refractivity contribution in [3.8, 4) is 17.2 Å². The van der Waals surface area contributed by atoms with Crippen LogP contribution in [-0.4, -0.2) is 32.8 Å². The molecule has 146 valence electrons. The van der Waals surface area contributed by atoms with E-state index in [1.165, 1.54) is 11.8 Å². The summed E-state index contributed by atoms with van der Waals surface area (Å²) in [5, 5.41) is 9.40. The van der Waals surface area contributed by atoms with Gasteiger partial charge in [-0.2, -0.15) is 0 Å². The molecule has 0 spiro atoms. The maximum absolute atomic E-state index is 11.2. The Bertz CT molecular complexity index is 962. The number of primary amides is 1. The quantitative estimate of drug-likeness (QED) is 0.551. The van der Waals surface area contributed by atoms with Crippen LogP contribution in [0.4, 0.5) is 0 Å². The van der Waals surface area contributed by atoms with E-state index in [1.54, 1.807) is 13.4 Å². The molecule has 0 unspecified atom stereocenters. The van der Waals surface area contributed by atoms with Crippen LogP contribution >= 0.6 is 11.8 Å². The first-order valence-corrected chi connectivity index (χ1v) is 10.1. The van der Waals surface area contributed by atoms with Crippen molar-refractivity contribution < 1.29 is 13.9 Å². The highest BCUT2D eigenvalue weighted by Gasteiger charge is 2.30. The Morgan fingerprint density at radius 1 is 1.32 bits per heavy atom. The number of benzene rings is 1. The van der Waals surface area contributed by atoms with Crippen molar-refractivity contribution >= 4 is 17.7 Å². The maximum Gasteiger partial charge on any atom is 0.226 e. The number of oxazole rings is 1. The second-order valence-electron chi connectivity index (χ2n) is 6.64. The van der Waals surface area contributed by atoms with E-state index in [9.17, 15) is 4.79 Å². The highest BCUT2D eigenvalue weighted by atomic mass is 32.2. The van der Waals surface area contributed by atoms with E-state index in [4.69, 9.17) is 14.9 Å². The fourth-order valence-electron chi connectivity index (χ4n) is 2.86. The molecule has 0 bridgehead atoms. The molecule has 3 aromatic rings. The zero-order valence-electron chi connectivity index (χ0n) is 15.5. The van der Waals surface area contributed by atoms with Gasteiger partial charge in [0.15, 0.2) is 5.16 Å². The van der Waals surface area contributed by atoms with E-state index in [-0.39, 0.29) is 12.3 Å². The minimum atomic E-state index is -0.327. The number of methoxy groups -OCH3 is 1. The van der Waals surface area contributed by atoms with Gasteiger partial charge in [-0.05, 0) is 37.1 Å². The van der Waals surface area contributed by atoms with Crippen molar-refractivity contribution in [2.75, 3.05) is 7.11 Å². The van der Waals surface area contributed by atoms with Crippen LogP contribution in [0.5, 0.6) is 5.75 Å². The SMILES string of the molecule is COc1ccc(-c2nc(CSc3nnc(C4CC4)n3CCC(N)=O)co2)cc1. The third-order valence-electron chi connectivity index (χ3n) is 4.51. The van der Waals surface area contributed by atoms with Crippen molar-refractivity contribution in [3.63, 3.8) is 0 Å². The molecular weight excluding hydrogens is 378 g/mol. The first kappa shape index (κ1) is 18.5. The van der Waals surface area contributed by atoms with Crippen LogP contribution in [0, 0.1) is 0 Å². The summed E-state index contributed by atoms with van der Waals surface area (Å²) < 4.78 is 12.8. The highest BCUT2D eigenvalue weighted by Crippen LogP contribution is 2.40. The first-order valence-electron chi connectivity index (χ1n) is 9.07. The molecular formula is C19H21N5O3S. The van der Waals surface area contributed by atoms with Crippen LogP contribution in [0.15, 0.2) is 40.1 Å². The van der Waals surface area contributed by atoms with Gasteiger partial charge in [0, 0.05) is 30.2 Å². The molecule has 1 aliphatic rings. The van der Waals surface area contributed by atoms with Crippen LogP contribution in [0.25, 0.3) is 11.5 Å². The topological polar surface area (TPSA) is 109 Å². The Morgan fingerprint density at radius 3 is 2.79 bits per heavy atom. The number of carbonyl (C=O) groups is 1. The van der Waals surface area contributed by atoms with Gasteiger partial charge >= 0.3 is 0 Å². The van der Waals surface area contributed by atoms with Gasteiger partial charge < -0.3 is 19.5 Å². The Kier molecular flexibility index (Phi) is 5.34. The molecule has 28 heavy (non-hydrogen) atoms.